The van der Waals surface area contributed by atoms with Gasteiger partial charge >= 0.3 is 0 Å². The van der Waals surface area contributed by atoms with Crippen LogP contribution in [0.1, 0.15) is 17.9 Å². The van der Waals surface area contributed by atoms with Crippen molar-refractivity contribution in [2.75, 3.05) is 13.2 Å². The second-order valence-corrected chi connectivity index (χ2v) is 5.60. The molecule has 0 aliphatic carbocycles. The molecule has 0 aliphatic heterocycles. The number of rotatable bonds is 6. The van der Waals surface area contributed by atoms with E-state index in [0.29, 0.717) is 25.1 Å². The molecule has 0 radical (unpaired) electrons. The van der Waals surface area contributed by atoms with Crippen LogP contribution in [0.5, 0.6) is 5.75 Å². The summed E-state index contributed by atoms with van der Waals surface area (Å²) in [4.78, 5) is 0. The third kappa shape index (κ3) is 3.69. The Kier molecular flexibility index (Phi) is 4.89. The summed E-state index contributed by atoms with van der Waals surface area (Å²) in [5.74, 6) is 0.596. The fraction of sp³-hybridized carbons (Fsp3) is 0.200. The van der Waals surface area contributed by atoms with Crippen molar-refractivity contribution in [3.8, 4) is 5.75 Å². The van der Waals surface area contributed by atoms with E-state index in [2.05, 4.69) is 12.1 Å². The van der Waals surface area contributed by atoms with Crippen LogP contribution in [0.15, 0.2) is 66.7 Å². The van der Waals surface area contributed by atoms with Gasteiger partial charge in [-0.25, -0.2) is 4.39 Å². The highest BCUT2D eigenvalue weighted by Gasteiger charge is 2.14. The summed E-state index contributed by atoms with van der Waals surface area (Å²) >= 11 is 0. The largest absolute Gasteiger partial charge is 0.494 e. The SMILES string of the molecule is NCC(CCOc1ccc2ccccc2c1)c1ccccc1F. The number of halogens is 1. The molecular weight excluding hydrogens is 289 g/mol. The molecule has 0 aliphatic rings. The van der Waals surface area contributed by atoms with Crippen molar-refractivity contribution in [3.05, 3.63) is 78.1 Å². The molecule has 3 aromatic carbocycles. The molecule has 0 amide bonds. The van der Waals surface area contributed by atoms with Crippen LogP contribution in [0.4, 0.5) is 4.39 Å². The summed E-state index contributed by atoms with van der Waals surface area (Å²) in [7, 11) is 0. The van der Waals surface area contributed by atoms with Crippen LogP contribution in [-0.4, -0.2) is 13.2 Å². The molecule has 1 atom stereocenters. The zero-order valence-corrected chi connectivity index (χ0v) is 12.9. The first-order chi connectivity index (χ1) is 11.3. The van der Waals surface area contributed by atoms with Gasteiger partial charge in [0.25, 0.3) is 0 Å². The normalized spacial score (nSPS) is 12.3. The molecule has 0 saturated carbocycles. The highest BCUT2D eigenvalue weighted by molar-refractivity contribution is 5.83. The van der Waals surface area contributed by atoms with Crippen molar-refractivity contribution in [2.45, 2.75) is 12.3 Å². The molecule has 0 aromatic heterocycles. The van der Waals surface area contributed by atoms with E-state index >= 15 is 0 Å². The first kappa shape index (κ1) is 15.5. The second-order valence-electron chi connectivity index (χ2n) is 5.60. The monoisotopic (exact) mass is 309 g/mol. The lowest BCUT2D eigenvalue weighted by Gasteiger charge is -2.16. The Hall–Kier alpha value is -2.39. The number of nitrogens with two attached hydrogens (primary N) is 1. The summed E-state index contributed by atoms with van der Waals surface area (Å²) < 4.78 is 19.7. The van der Waals surface area contributed by atoms with E-state index in [4.69, 9.17) is 10.5 Å². The average molecular weight is 309 g/mol. The Balaban J connectivity index is 1.64. The number of ether oxygens (including phenoxy) is 1. The fourth-order valence-corrected chi connectivity index (χ4v) is 2.78. The zero-order valence-electron chi connectivity index (χ0n) is 12.9. The van der Waals surface area contributed by atoms with Gasteiger partial charge in [0.2, 0.25) is 0 Å². The van der Waals surface area contributed by atoms with Crippen molar-refractivity contribution in [3.63, 3.8) is 0 Å². The van der Waals surface area contributed by atoms with Gasteiger partial charge in [0.05, 0.1) is 6.61 Å². The Bertz CT molecular complexity index is 787. The van der Waals surface area contributed by atoms with E-state index in [9.17, 15) is 4.39 Å². The Morgan fingerprint density at radius 2 is 1.65 bits per heavy atom. The van der Waals surface area contributed by atoms with Crippen LogP contribution < -0.4 is 10.5 Å². The summed E-state index contributed by atoms with van der Waals surface area (Å²) in [6, 6.07) is 21.0. The predicted octanol–water partition coefficient (Wildman–Crippen LogP) is 4.49. The van der Waals surface area contributed by atoms with Gasteiger partial charge in [-0.1, -0.05) is 48.5 Å². The molecular formula is C20H20FNO. The minimum atomic E-state index is -0.200. The average Bonchev–Trinajstić information content (AvgIpc) is 2.59. The van der Waals surface area contributed by atoms with Crippen LogP contribution in [0, 0.1) is 5.82 Å². The molecule has 0 heterocycles. The number of hydrogen-bond donors (Lipinski definition) is 1. The summed E-state index contributed by atoms with van der Waals surface area (Å²) in [6.07, 6.45) is 0.685. The highest BCUT2D eigenvalue weighted by atomic mass is 19.1. The second kappa shape index (κ2) is 7.25. The van der Waals surface area contributed by atoms with Crippen LogP contribution in [-0.2, 0) is 0 Å². The van der Waals surface area contributed by atoms with Gasteiger partial charge in [0, 0.05) is 5.92 Å². The lowest BCUT2D eigenvalue weighted by molar-refractivity contribution is 0.297. The molecule has 0 saturated heterocycles. The first-order valence-electron chi connectivity index (χ1n) is 7.84. The molecule has 0 fully saturated rings. The number of hydrogen-bond acceptors (Lipinski definition) is 2. The van der Waals surface area contributed by atoms with Crippen LogP contribution >= 0.6 is 0 Å². The van der Waals surface area contributed by atoms with Gasteiger partial charge in [-0.15, -0.1) is 0 Å². The lowest BCUT2D eigenvalue weighted by atomic mass is 9.96. The maximum atomic E-state index is 13.9. The zero-order chi connectivity index (χ0) is 16.1. The Morgan fingerprint density at radius 3 is 2.43 bits per heavy atom. The Labute approximate surface area is 135 Å². The molecule has 2 nitrogen and oxygen atoms in total. The minimum Gasteiger partial charge on any atom is -0.494 e. The third-order valence-electron chi connectivity index (χ3n) is 4.09. The van der Waals surface area contributed by atoms with Gasteiger partial charge in [0.1, 0.15) is 11.6 Å². The molecule has 3 rings (SSSR count). The fourth-order valence-electron chi connectivity index (χ4n) is 2.78. The molecule has 3 heteroatoms. The quantitative estimate of drug-likeness (QED) is 0.728. The number of benzene rings is 3. The van der Waals surface area contributed by atoms with Crippen LogP contribution in [0.2, 0.25) is 0 Å². The van der Waals surface area contributed by atoms with E-state index in [1.54, 1.807) is 12.1 Å². The minimum absolute atomic E-state index is 0.0309. The van der Waals surface area contributed by atoms with Crippen molar-refractivity contribution >= 4 is 10.8 Å². The molecule has 3 aromatic rings. The standard InChI is InChI=1S/C20H20FNO/c21-20-8-4-3-7-19(20)17(14-22)11-12-23-18-10-9-15-5-1-2-6-16(15)13-18/h1-10,13,17H,11-12,14,22H2. The third-order valence-corrected chi connectivity index (χ3v) is 4.09. The van der Waals surface area contributed by atoms with Gasteiger partial charge in [-0.05, 0) is 47.5 Å². The maximum absolute atomic E-state index is 13.9. The van der Waals surface area contributed by atoms with Gasteiger partial charge < -0.3 is 10.5 Å². The molecule has 1 unspecified atom stereocenters. The topological polar surface area (TPSA) is 35.2 Å². The summed E-state index contributed by atoms with van der Waals surface area (Å²) in [6.45, 7) is 0.913. The van der Waals surface area contributed by atoms with Crippen molar-refractivity contribution < 1.29 is 9.13 Å². The molecule has 2 N–H and O–H groups in total. The van der Waals surface area contributed by atoms with E-state index in [-0.39, 0.29) is 11.7 Å². The highest BCUT2D eigenvalue weighted by Crippen LogP contribution is 2.24. The molecule has 0 bridgehead atoms. The van der Waals surface area contributed by atoms with Gasteiger partial charge in [-0.2, -0.15) is 0 Å². The molecule has 118 valence electrons. The maximum Gasteiger partial charge on any atom is 0.126 e. The first-order valence-corrected chi connectivity index (χ1v) is 7.84. The van der Waals surface area contributed by atoms with Crippen molar-refractivity contribution in [1.29, 1.82) is 0 Å². The Morgan fingerprint density at radius 1 is 0.913 bits per heavy atom. The van der Waals surface area contributed by atoms with Crippen LogP contribution in [0.25, 0.3) is 10.8 Å². The van der Waals surface area contributed by atoms with E-state index in [1.807, 2.05) is 36.4 Å². The molecule has 0 spiro atoms. The van der Waals surface area contributed by atoms with Crippen molar-refractivity contribution in [1.82, 2.24) is 0 Å². The van der Waals surface area contributed by atoms with Gasteiger partial charge in [-0.3, -0.25) is 0 Å². The van der Waals surface area contributed by atoms with Crippen LogP contribution in [0.3, 0.4) is 0 Å². The van der Waals surface area contributed by atoms with Gasteiger partial charge in [0.15, 0.2) is 0 Å². The van der Waals surface area contributed by atoms with E-state index < -0.39 is 0 Å². The predicted molar refractivity (Wildman–Crippen MR) is 92.3 cm³/mol. The lowest BCUT2D eigenvalue weighted by Crippen LogP contribution is -2.16. The number of fused-ring (bicyclic) bond motifs is 1. The van der Waals surface area contributed by atoms with Crippen molar-refractivity contribution in [2.24, 2.45) is 5.73 Å². The van der Waals surface area contributed by atoms with E-state index in [0.717, 1.165) is 11.1 Å². The summed E-state index contributed by atoms with van der Waals surface area (Å²) in [5.41, 5.74) is 6.47. The van der Waals surface area contributed by atoms with E-state index in [1.165, 1.54) is 11.5 Å². The molecule has 23 heavy (non-hydrogen) atoms. The summed E-state index contributed by atoms with van der Waals surface area (Å²) in [5, 5.41) is 2.33. The smallest absolute Gasteiger partial charge is 0.126 e.